The Kier molecular flexibility index (Phi) is 6.51. The summed E-state index contributed by atoms with van der Waals surface area (Å²) in [5.41, 5.74) is 2.05. The highest BCUT2D eigenvalue weighted by molar-refractivity contribution is 5.92. The van der Waals surface area contributed by atoms with Gasteiger partial charge in [0.15, 0.2) is 0 Å². The number of aromatic carboxylic acids is 1. The summed E-state index contributed by atoms with van der Waals surface area (Å²) in [6.07, 6.45) is 4.18. The maximum Gasteiger partial charge on any atom is 0.410 e. The van der Waals surface area contributed by atoms with E-state index in [1.807, 2.05) is 12.1 Å². The Labute approximate surface area is 203 Å². The molecule has 184 valence electrons. The average Bonchev–Trinajstić information content (AvgIpc) is 3.19. The third kappa shape index (κ3) is 5.45. The van der Waals surface area contributed by atoms with Crippen molar-refractivity contribution in [1.82, 2.24) is 14.5 Å². The molecule has 0 aliphatic heterocycles. The number of ether oxygens (including phenoxy) is 1. The van der Waals surface area contributed by atoms with E-state index < -0.39 is 23.1 Å². The first-order valence-corrected chi connectivity index (χ1v) is 11.6. The van der Waals surface area contributed by atoms with Crippen LogP contribution >= 0.6 is 0 Å². The molecule has 3 aromatic rings. The number of hydrogen-bond acceptors (Lipinski definition) is 6. The van der Waals surface area contributed by atoms with E-state index >= 15 is 0 Å². The van der Waals surface area contributed by atoms with Crippen LogP contribution in [0.5, 0.6) is 0 Å². The number of pyridine rings is 2. The van der Waals surface area contributed by atoms with Crippen molar-refractivity contribution in [2.45, 2.75) is 51.8 Å². The van der Waals surface area contributed by atoms with Gasteiger partial charge in [0, 0.05) is 32.4 Å². The number of carbonyl (C=O) groups excluding carboxylic acids is 1. The normalized spacial score (nSPS) is 13.5. The third-order valence-electron chi connectivity index (χ3n) is 5.95. The van der Waals surface area contributed by atoms with Gasteiger partial charge < -0.3 is 24.6 Å². The Morgan fingerprint density at radius 2 is 1.89 bits per heavy atom. The topological polar surface area (TPSA) is 114 Å². The zero-order valence-electron chi connectivity index (χ0n) is 20.4. The van der Waals surface area contributed by atoms with Gasteiger partial charge >= 0.3 is 12.1 Å². The number of carboxylic acid groups (broad SMARTS) is 1. The van der Waals surface area contributed by atoms with Crippen LogP contribution in [0, 0.1) is 0 Å². The molecule has 1 aliphatic carbocycles. The number of hydrogen-bond donors (Lipinski definition) is 2. The van der Waals surface area contributed by atoms with Crippen LogP contribution in [-0.2, 0) is 24.1 Å². The molecule has 1 amide bonds. The average molecular weight is 479 g/mol. The molecule has 9 nitrogen and oxygen atoms in total. The quantitative estimate of drug-likeness (QED) is 0.557. The van der Waals surface area contributed by atoms with Crippen molar-refractivity contribution < 1.29 is 19.4 Å². The third-order valence-corrected chi connectivity index (χ3v) is 5.95. The van der Waals surface area contributed by atoms with Crippen LogP contribution in [0.1, 0.15) is 42.3 Å². The van der Waals surface area contributed by atoms with Crippen LogP contribution in [0.25, 0.3) is 11.0 Å². The lowest BCUT2D eigenvalue weighted by Crippen LogP contribution is -2.36. The van der Waals surface area contributed by atoms with Gasteiger partial charge in [0.05, 0.1) is 17.3 Å². The zero-order valence-corrected chi connectivity index (χ0v) is 20.4. The number of amides is 1. The van der Waals surface area contributed by atoms with Gasteiger partial charge in [-0.2, -0.15) is 0 Å². The van der Waals surface area contributed by atoms with Crippen LogP contribution in [0.15, 0.2) is 47.5 Å². The molecular formula is C26H30N4O5. The van der Waals surface area contributed by atoms with Crippen molar-refractivity contribution in [3.63, 3.8) is 0 Å². The predicted molar refractivity (Wildman–Crippen MR) is 133 cm³/mol. The standard InChI is InChI=1S/C26H30N4O5/c1-26(2,3)35-25(34)29(4)9-10-30-15-21(24(32)33)22(31)20-13-19(14-27-23(20)30)28-18-11-16-7-5-6-8-17(16)12-18/h5-8,13-15,18,28H,9-12H2,1-4H3,(H,32,33). The minimum Gasteiger partial charge on any atom is -0.477 e. The van der Waals surface area contributed by atoms with Crippen molar-refractivity contribution in [2.24, 2.45) is 0 Å². The number of likely N-dealkylation sites (N-methyl/N-ethyl adjacent to an activating group) is 1. The van der Waals surface area contributed by atoms with Crippen LogP contribution in [-0.4, -0.2) is 56.9 Å². The molecule has 0 bridgehead atoms. The summed E-state index contributed by atoms with van der Waals surface area (Å²) in [6.45, 7) is 5.84. The van der Waals surface area contributed by atoms with Crippen molar-refractivity contribution >= 4 is 28.8 Å². The van der Waals surface area contributed by atoms with Gasteiger partial charge in [-0.05, 0) is 50.8 Å². The molecule has 0 saturated heterocycles. The SMILES string of the molecule is CN(CCn1cc(C(=O)O)c(=O)c2cc(NC3Cc4ccccc4C3)cnc21)C(=O)OC(C)(C)C. The van der Waals surface area contributed by atoms with E-state index in [0.717, 1.165) is 12.8 Å². The number of nitrogens with zero attached hydrogens (tertiary/aromatic N) is 3. The fraction of sp³-hybridized carbons (Fsp3) is 0.385. The smallest absolute Gasteiger partial charge is 0.410 e. The molecule has 1 aliphatic rings. The van der Waals surface area contributed by atoms with Gasteiger partial charge in [-0.1, -0.05) is 24.3 Å². The van der Waals surface area contributed by atoms with Gasteiger partial charge in [0.1, 0.15) is 16.8 Å². The molecule has 35 heavy (non-hydrogen) atoms. The van der Waals surface area contributed by atoms with Crippen molar-refractivity contribution in [3.05, 3.63) is 69.6 Å². The maximum atomic E-state index is 12.9. The predicted octanol–water partition coefficient (Wildman–Crippen LogP) is 3.54. The monoisotopic (exact) mass is 478 g/mol. The van der Waals surface area contributed by atoms with E-state index in [2.05, 4.69) is 22.4 Å². The highest BCUT2D eigenvalue weighted by atomic mass is 16.6. The van der Waals surface area contributed by atoms with E-state index in [0.29, 0.717) is 11.3 Å². The summed E-state index contributed by atoms with van der Waals surface area (Å²) in [5.74, 6) is -1.31. The van der Waals surface area contributed by atoms with Crippen LogP contribution in [0.2, 0.25) is 0 Å². The van der Waals surface area contributed by atoms with Crippen molar-refractivity contribution in [1.29, 1.82) is 0 Å². The fourth-order valence-electron chi connectivity index (χ4n) is 4.26. The van der Waals surface area contributed by atoms with Crippen molar-refractivity contribution in [2.75, 3.05) is 18.9 Å². The minimum absolute atomic E-state index is 0.166. The number of carbonyl (C=O) groups is 2. The Bertz CT molecular complexity index is 1320. The molecule has 2 heterocycles. The van der Waals surface area contributed by atoms with Gasteiger partial charge in [-0.15, -0.1) is 0 Å². The minimum atomic E-state index is -1.31. The molecule has 9 heteroatoms. The Hall–Kier alpha value is -3.88. The largest absolute Gasteiger partial charge is 0.477 e. The molecule has 0 saturated carbocycles. The highest BCUT2D eigenvalue weighted by Gasteiger charge is 2.23. The second kappa shape index (κ2) is 9.40. The number of carboxylic acids is 1. The van der Waals surface area contributed by atoms with Gasteiger partial charge in [-0.3, -0.25) is 4.79 Å². The Morgan fingerprint density at radius 1 is 1.23 bits per heavy atom. The lowest BCUT2D eigenvalue weighted by Gasteiger charge is -2.25. The molecule has 4 rings (SSSR count). The number of aromatic nitrogens is 2. The second-order valence-corrected chi connectivity index (χ2v) is 9.89. The molecule has 0 radical (unpaired) electrons. The lowest BCUT2D eigenvalue weighted by atomic mass is 10.1. The van der Waals surface area contributed by atoms with Gasteiger partial charge in [-0.25, -0.2) is 14.6 Å². The molecule has 1 aromatic carbocycles. The molecule has 0 atom stereocenters. The fourth-order valence-corrected chi connectivity index (χ4v) is 4.26. The Morgan fingerprint density at radius 3 is 2.49 bits per heavy atom. The van der Waals surface area contributed by atoms with E-state index in [1.54, 1.807) is 44.6 Å². The second-order valence-electron chi connectivity index (χ2n) is 9.89. The summed E-state index contributed by atoms with van der Waals surface area (Å²) < 4.78 is 6.96. The summed E-state index contributed by atoms with van der Waals surface area (Å²) in [5, 5.41) is 13.3. The molecule has 0 spiro atoms. The highest BCUT2D eigenvalue weighted by Crippen LogP contribution is 2.25. The summed E-state index contributed by atoms with van der Waals surface area (Å²) in [7, 11) is 1.60. The number of nitrogens with one attached hydrogen (secondary N) is 1. The van der Waals surface area contributed by atoms with Gasteiger partial charge in [0.2, 0.25) is 5.43 Å². The van der Waals surface area contributed by atoms with Crippen LogP contribution in [0.4, 0.5) is 10.5 Å². The van der Waals surface area contributed by atoms with Gasteiger partial charge in [0.25, 0.3) is 0 Å². The maximum absolute atomic E-state index is 12.9. The van der Waals surface area contributed by atoms with Crippen LogP contribution < -0.4 is 10.7 Å². The number of fused-ring (bicyclic) bond motifs is 2. The number of rotatable bonds is 6. The first-order valence-electron chi connectivity index (χ1n) is 11.6. The Balaban J connectivity index is 1.59. The number of anilines is 1. The van der Waals surface area contributed by atoms with E-state index in [-0.39, 0.29) is 30.1 Å². The molecule has 0 fully saturated rings. The molecular weight excluding hydrogens is 448 g/mol. The summed E-state index contributed by atoms with van der Waals surface area (Å²) >= 11 is 0. The van der Waals surface area contributed by atoms with Crippen LogP contribution in [0.3, 0.4) is 0 Å². The first kappa shape index (κ1) is 24.3. The zero-order chi connectivity index (χ0) is 25.3. The van der Waals surface area contributed by atoms with E-state index in [9.17, 15) is 19.5 Å². The summed E-state index contributed by atoms with van der Waals surface area (Å²) in [4.78, 5) is 42.9. The summed E-state index contributed by atoms with van der Waals surface area (Å²) in [6, 6.07) is 10.1. The number of benzene rings is 1. The molecule has 2 N–H and O–H groups in total. The molecule has 2 aromatic heterocycles. The first-order chi connectivity index (χ1) is 16.5. The van der Waals surface area contributed by atoms with Crippen molar-refractivity contribution in [3.8, 4) is 0 Å². The molecule has 0 unspecified atom stereocenters. The lowest BCUT2D eigenvalue weighted by molar-refractivity contribution is 0.0293. The van der Waals surface area contributed by atoms with E-state index in [4.69, 9.17) is 4.74 Å². The van der Waals surface area contributed by atoms with E-state index in [1.165, 1.54) is 22.2 Å².